The van der Waals surface area contributed by atoms with Crippen LogP contribution in [-0.4, -0.2) is 24.7 Å². The number of hydrogen-bond donors (Lipinski definition) is 2. The Kier molecular flexibility index (Phi) is 6.21. The number of aryl methyl sites for hydroxylation is 1. The molecular formula is C19H21FN2O2S2. The lowest BCUT2D eigenvalue weighted by Crippen LogP contribution is -2.30. The normalized spacial score (nSPS) is 13.0. The summed E-state index contributed by atoms with van der Waals surface area (Å²) in [4.78, 5) is 13.5. The molecule has 0 unspecified atom stereocenters. The molecule has 0 amide bonds. The molecule has 0 atom stereocenters. The van der Waals surface area contributed by atoms with Gasteiger partial charge in [0.15, 0.2) is 5.11 Å². The van der Waals surface area contributed by atoms with Crippen molar-refractivity contribution in [3.05, 3.63) is 51.7 Å². The minimum absolute atomic E-state index is 0.240. The van der Waals surface area contributed by atoms with Gasteiger partial charge in [-0.05, 0) is 67.6 Å². The predicted octanol–water partition coefficient (Wildman–Crippen LogP) is 4.08. The number of thiophene rings is 1. The third-order valence-corrected chi connectivity index (χ3v) is 5.85. The highest BCUT2D eigenvalue weighted by Gasteiger charge is 2.26. The average Bonchev–Trinajstić information content (AvgIpc) is 3.00. The molecule has 0 radical (unpaired) electrons. The average molecular weight is 393 g/mol. The largest absolute Gasteiger partial charge is 0.465 e. The zero-order valence-corrected chi connectivity index (χ0v) is 16.2. The lowest BCUT2D eigenvalue weighted by atomic mass is 9.95. The lowest BCUT2D eigenvalue weighted by Gasteiger charge is -2.12. The van der Waals surface area contributed by atoms with Crippen molar-refractivity contribution in [1.82, 2.24) is 5.32 Å². The van der Waals surface area contributed by atoms with E-state index in [2.05, 4.69) is 10.6 Å². The van der Waals surface area contributed by atoms with Gasteiger partial charge in [-0.3, -0.25) is 0 Å². The molecule has 0 spiro atoms. The first-order chi connectivity index (χ1) is 12.6. The van der Waals surface area contributed by atoms with Crippen molar-refractivity contribution in [3.63, 3.8) is 0 Å². The number of thiocarbonyl (C=S) groups is 1. The molecule has 1 aromatic heterocycles. The number of benzene rings is 1. The second-order valence-electron chi connectivity index (χ2n) is 6.16. The number of fused-ring (bicyclic) bond motifs is 1. The van der Waals surface area contributed by atoms with Crippen molar-refractivity contribution in [2.24, 2.45) is 0 Å². The fraction of sp³-hybridized carbons (Fsp3) is 0.368. The van der Waals surface area contributed by atoms with Gasteiger partial charge in [0.05, 0.1) is 12.7 Å². The molecule has 1 heterocycles. The Morgan fingerprint density at radius 1 is 1.27 bits per heavy atom. The van der Waals surface area contributed by atoms with Gasteiger partial charge in [-0.15, -0.1) is 11.3 Å². The Morgan fingerprint density at radius 3 is 2.73 bits per heavy atom. The van der Waals surface area contributed by atoms with Crippen LogP contribution >= 0.6 is 23.6 Å². The zero-order chi connectivity index (χ0) is 18.5. The van der Waals surface area contributed by atoms with Crippen molar-refractivity contribution >= 4 is 39.6 Å². The molecule has 2 aromatic rings. The Morgan fingerprint density at radius 2 is 2.00 bits per heavy atom. The first-order valence-electron chi connectivity index (χ1n) is 8.60. The quantitative estimate of drug-likeness (QED) is 0.593. The maximum Gasteiger partial charge on any atom is 0.341 e. The van der Waals surface area contributed by atoms with Crippen molar-refractivity contribution in [1.29, 1.82) is 0 Å². The van der Waals surface area contributed by atoms with Crippen LogP contribution in [0, 0.1) is 5.82 Å². The van der Waals surface area contributed by atoms with Crippen molar-refractivity contribution in [2.45, 2.75) is 32.1 Å². The SMILES string of the molecule is COC(=O)c1c(NC(=S)NCCc2ccc(F)cc2)sc2c1CCCC2. The molecule has 7 heteroatoms. The number of methoxy groups -OCH3 is 1. The molecular weight excluding hydrogens is 371 g/mol. The Balaban J connectivity index is 1.62. The smallest absolute Gasteiger partial charge is 0.341 e. The molecule has 138 valence electrons. The number of esters is 1. The standard InChI is InChI=1S/C19H21FN2O2S2/c1-24-18(23)16-14-4-2-3-5-15(14)26-17(16)22-19(25)21-11-10-12-6-8-13(20)9-7-12/h6-9H,2-5,10-11H2,1H3,(H2,21,22,25). The summed E-state index contributed by atoms with van der Waals surface area (Å²) < 4.78 is 17.9. The lowest BCUT2D eigenvalue weighted by molar-refractivity contribution is 0.0601. The first kappa shape index (κ1) is 18.8. The summed E-state index contributed by atoms with van der Waals surface area (Å²) in [5, 5.41) is 7.52. The van der Waals surface area contributed by atoms with Crippen molar-refractivity contribution < 1.29 is 13.9 Å². The second kappa shape index (κ2) is 8.60. The van der Waals surface area contributed by atoms with E-state index in [1.807, 2.05) is 0 Å². The molecule has 0 fully saturated rings. The Labute approximate surface area is 161 Å². The van der Waals surface area contributed by atoms with Gasteiger partial charge in [0, 0.05) is 11.4 Å². The van der Waals surface area contributed by atoms with E-state index in [1.165, 1.54) is 24.1 Å². The number of ether oxygens (including phenoxy) is 1. The monoisotopic (exact) mass is 392 g/mol. The molecule has 4 nitrogen and oxygen atoms in total. The summed E-state index contributed by atoms with van der Waals surface area (Å²) in [6, 6.07) is 6.42. The van der Waals surface area contributed by atoms with E-state index in [-0.39, 0.29) is 11.8 Å². The fourth-order valence-electron chi connectivity index (χ4n) is 3.09. The molecule has 1 aliphatic carbocycles. The first-order valence-corrected chi connectivity index (χ1v) is 9.83. The highest BCUT2D eigenvalue weighted by atomic mass is 32.1. The van der Waals surface area contributed by atoms with Crippen molar-refractivity contribution in [3.8, 4) is 0 Å². The van der Waals surface area contributed by atoms with E-state index >= 15 is 0 Å². The highest BCUT2D eigenvalue weighted by molar-refractivity contribution is 7.80. The number of hydrogen-bond acceptors (Lipinski definition) is 4. The summed E-state index contributed by atoms with van der Waals surface area (Å²) in [5.41, 5.74) is 2.75. The van der Waals surface area contributed by atoms with E-state index in [0.29, 0.717) is 17.2 Å². The Hall–Kier alpha value is -1.99. The third kappa shape index (κ3) is 4.40. The number of nitrogens with one attached hydrogen (secondary N) is 2. The minimum atomic E-state index is -0.319. The molecule has 0 aliphatic heterocycles. The van der Waals surface area contributed by atoms with Crippen LogP contribution in [0.1, 0.15) is 39.2 Å². The van der Waals surface area contributed by atoms with Gasteiger partial charge in [-0.2, -0.15) is 0 Å². The van der Waals surface area contributed by atoms with Gasteiger partial charge >= 0.3 is 5.97 Å². The molecule has 1 aromatic carbocycles. The molecule has 0 saturated carbocycles. The number of carbonyl (C=O) groups is 1. The van der Waals surface area contributed by atoms with Crippen LogP contribution in [-0.2, 0) is 24.0 Å². The summed E-state index contributed by atoms with van der Waals surface area (Å²) in [6.07, 6.45) is 4.87. The second-order valence-corrected chi connectivity index (χ2v) is 7.68. The third-order valence-electron chi connectivity index (χ3n) is 4.40. The maximum absolute atomic E-state index is 12.9. The summed E-state index contributed by atoms with van der Waals surface area (Å²) in [6.45, 7) is 0.621. The number of rotatable bonds is 5. The van der Waals surface area contributed by atoms with Crippen LogP contribution in [0.15, 0.2) is 24.3 Å². The predicted molar refractivity (Wildman–Crippen MR) is 107 cm³/mol. The zero-order valence-electron chi connectivity index (χ0n) is 14.6. The van der Waals surface area contributed by atoms with Gasteiger partial charge < -0.3 is 15.4 Å². The maximum atomic E-state index is 12.9. The van der Waals surface area contributed by atoms with E-state index in [1.54, 1.807) is 23.5 Å². The Bertz CT molecular complexity index is 803. The number of anilines is 1. The number of carbonyl (C=O) groups excluding carboxylic acids is 1. The summed E-state index contributed by atoms with van der Waals surface area (Å²) in [5.74, 6) is -0.558. The van der Waals surface area contributed by atoms with Crippen LogP contribution in [0.2, 0.25) is 0 Å². The molecule has 3 rings (SSSR count). The van der Waals surface area contributed by atoms with E-state index < -0.39 is 0 Å². The molecule has 1 aliphatic rings. The van der Waals surface area contributed by atoms with Gasteiger partial charge in [0.2, 0.25) is 0 Å². The van der Waals surface area contributed by atoms with Crippen LogP contribution < -0.4 is 10.6 Å². The minimum Gasteiger partial charge on any atom is -0.465 e. The van der Waals surface area contributed by atoms with Crippen molar-refractivity contribution in [2.75, 3.05) is 19.0 Å². The fourth-order valence-corrected chi connectivity index (χ4v) is 4.64. The topological polar surface area (TPSA) is 50.4 Å². The van der Waals surface area contributed by atoms with Gasteiger partial charge in [0.1, 0.15) is 10.8 Å². The van der Waals surface area contributed by atoms with Gasteiger partial charge in [-0.25, -0.2) is 9.18 Å². The molecule has 0 bridgehead atoms. The summed E-state index contributed by atoms with van der Waals surface area (Å²) >= 11 is 6.95. The van der Waals surface area contributed by atoms with E-state index in [4.69, 9.17) is 17.0 Å². The van der Waals surface area contributed by atoms with Crippen LogP contribution in [0.4, 0.5) is 9.39 Å². The molecule has 0 saturated heterocycles. The highest BCUT2D eigenvalue weighted by Crippen LogP contribution is 2.38. The van der Waals surface area contributed by atoms with Gasteiger partial charge in [-0.1, -0.05) is 12.1 Å². The summed E-state index contributed by atoms with van der Waals surface area (Å²) in [7, 11) is 1.40. The van der Waals surface area contributed by atoms with E-state index in [0.717, 1.165) is 48.2 Å². The van der Waals surface area contributed by atoms with Crippen LogP contribution in [0.3, 0.4) is 0 Å². The molecule has 2 N–H and O–H groups in total. The van der Waals surface area contributed by atoms with E-state index in [9.17, 15) is 9.18 Å². The number of halogens is 1. The van der Waals surface area contributed by atoms with Gasteiger partial charge in [0.25, 0.3) is 0 Å². The van der Waals surface area contributed by atoms with Crippen LogP contribution in [0.25, 0.3) is 0 Å². The molecule has 26 heavy (non-hydrogen) atoms. The van der Waals surface area contributed by atoms with Crippen LogP contribution in [0.5, 0.6) is 0 Å².